The number of aromatic nitrogens is 1. The molecule has 1 aromatic carbocycles. The first-order valence-electron chi connectivity index (χ1n) is 7.08. The second kappa shape index (κ2) is 7.10. The molecule has 3 rings (SSSR count). The van der Waals surface area contributed by atoms with E-state index in [-0.39, 0.29) is 17.8 Å². The fourth-order valence-electron chi connectivity index (χ4n) is 2.00. The molecule has 0 bridgehead atoms. The van der Waals surface area contributed by atoms with Crippen LogP contribution in [-0.4, -0.2) is 28.4 Å². The number of nitrogens with one attached hydrogen (secondary N) is 2. The van der Waals surface area contributed by atoms with Crippen molar-refractivity contribution in [2.75, 3.05) is 6.61 Å². The third kappa shape index (κ3) is 3.88. The van der Waals surface area contributed by atoms with E-state index >= 15 is 0 Å². The second-order valence-corrected chi connectivity index (χ2v) is 5.92. The fraction of sp³-hybridized carbons (Fsp3) is 0.0588. The molecule has 1 aliphatic rings. The average molecular weight is 339 g/mol. The van der Waals surface area contributed by atoms with Crippen LogP contribution in [0.25, 0.3) is 6.08 Å². The monoisotopic (exact) mass is 339 g/mol. The van der Waals surface area contributed by atoms with Crippen molar-refractivity contribution in [3.63, 3.8) is 0 Å². The lowest BCUT2D eigenvalue weighted by molar-refractivity contribution is -0.115. The highest BCUT2D eigenvalue weighted by Gasteiger charge is 2.24. The molecule has 0 aliphatic carbocycles. The molecule has 0 atom stereocenters. The van der Waals surface area contributed by atoms with Crippen molar-refractivity contribution in [3.8, 4) is 5.75 Å². The van der Waals surface area contributed by atoms with Gasteiger partial charge in [-0.1, -0.05) is 18.2 Å². The van der Waals surface area contributed by atoms with Gasteiger partial charge in [0.1, 0.15) is 12.4 Å². The topological polar surface area (TPSA) is 92.1 Å². The molecule has 1 aromatic heterocycles. The highest BCUT2D eigenvalue weighted by atomic mass is 32.2. The molecule has 2 amide bonds. The molecule has 2 heterocycles. The van der Waals surface area contributed by atoms with Crippen LogP contribution >= 0.6 is 11.8 Å². The molecule has 6 nitrogen and oxygen atoms in total. The molecule has 120 valence electrons. The number of carbonyl (C=O) groups excluding carboxylic acids is 2. The summed E-state index contributed by atoms with van der Waals surface area (Å²) in [6.45, 7) is 0.115. The molecule has 0 spiro atoms. The molecule has 1 saturated heterocycles. The van der Waals surface area contributed by atoms with Crippen LogP contribution in [0.2, 0.25) is 0 Å². The molecule has 0 unspecified atom stereocenters. The first kappa shape index (κ1) is 15.9. The molecule has 0 radical (unpaired) electrons. The number of carbonyl (C=O) groups is 2. The summed E-state index contributed by atoms with van der Waals surface area (Å²) in [5, 5.41) is 9.78. The van der Waals surface area contributed by atoms with Gasteiger partial charge in [0.2, 0.25) is 0 Å². The van der Waals surface area contributed by atoms with Crippen molar-refractivity contribution in [1.82, 2.24) is 10.3 Å². The zero-order valence-corrected chi connectivity index (χ0v) is 13.3. The maximum absolute atomic E-state index is 11.5. The molecule has 1 aliphatic heterocycles. The van der Waals surface area contributed by atoms with Crippen LogP contribution in [0.5, 0.6) is 5.75 Å². The van der Waals surface area contributed by atoms with Gasteiger partial charge in [-0.3, -0.25) is 25.3 Å². The van der Waals surface area contributed by atoms with Gasteiger partial charge in [-0.05, 0) is 47.7 Å². The van der Waals surface area contributed by atoms with E-state index in [9.17, 15) is 9.59 Å². The molecule has 2 aromatic rings. The number of benzene rings is 1. The van der Waals surface area contributed by atoms with Crippen molar-refractivity contribution >= 4 is 34.7 Å². The summed E-state index contributed by atoms with van der Waals surface area (Å²) in [6, 6.07) is 12.4. The van der Waals surface area contributed by atoms with Crippen LogP contribution in [-0.2, 0) is 4.79 Å². The van der Waals surface area contributed by atoms with Gasteiger partial charge < -0.3 is 4.74 Å². The lowest BCUT2D eigenvalue weighted by Crippen LogP contribution is -2.17. The van der Waals surface area contributed by atoms with Crippen LogP contribution in [0.1, 0.15) is 11.3 Å². The number of thioether (sulfide) groups is 1. The minimum absolute atomic E-state index is 0.115. The minimum Gasteiger partial charge on any atom is -0.487 e. The van der Waals surface area contributed by atoms with Gasteiger partial charge in [0, 0.05) is 6.20 Å². The number of ether oxygens (including phenoxy) is 1. The Labute approximate surface area is 142 Å². The highest BCUT2D eigenvalue weighted by Crippen LogP contribution is 2.26. The van der Waals surface area contributed by atoms with Crippen LogP contribution in [0, 0.1) is 5.41 Å². The third-order valence-electron chi connectivity index (χ3n) is 3.18. The van der Waals surface area contributed by atoms with Gasteiger partial charge in [-0.25, -0.2) is 0 Å². The lowest BCUT2D eigenvalue weighted by Gasteiger charge is -2.07. The van der Waals surface area contributed by atoms with Crippen LogP contribution in [0.15, 0.2) is 53.6 Å². The largest absolute Gasteiger partial charge is 0.487 e. The van der Waals surface area contributed by atoms with E-state index < -0.39 is 0 Å². The maximum Gasteiger partial charge on any atom is 0.290 e. The van der Waals surface area contributed by atoms with Gasteiger partial charge >= 0.3 is 0 Å². The number of nitrogens with zero attached hydrogens (tertiary/aromatic N) is 1. The van der Waals surface area contributed by atoms with Gasteiger partial charge in [0.15, 0.2) is 0 Å². The summed E-state index contributed by atoms with van der Waals surface area (Å²) < 4.78 is 5.56. The molecular formula is C17H13N3O3S. The summed E-state index contributed by atoms with van der Waals surface area (Å²) in [4.78, 5) is 27.1. The van der Waals surface area contributed by atoms with Gasteiger partial charge in [0.05, 0.1) is 16.3 Å². The Morgan fingerprint density at radius 1 is 1.21 bits per heavy atom. The van der Waals surface area contributed by atoms with E-state index in [4.69, 9.17) is 10.1 Å². The van der Waals surface area contributed by atoms with Gasteiger partial charge in [-0.15, -0.1) is 0 Å². The Hall–Kier alpha value is -2.93. The lowest BCUT2D eigenvalue weighted by atomic mass is 10.2. The quantitative estimate of drug-likeness (QED) is 0.645. The number of hydrogen-bond donors (Lipinski definition) is 2. The Kier molecular flexibility index (Phi) is 4.72. The van der Waals surface area contributed by atoms with Gasteiger partial charge in [0.25, 0.3) is 11.1 Å². The van der Waals surface area contributed by atoms with Crippen molar-refractivity contribution < 1.29 is 14.3 Å². The second-order valence-electron chi connectivity index (χ2n) is 4.90. The Morgan fingerprint density at radius 3 is 2.62 bits per heavy atom. The average Bonchev–Trinajstić information content (AvgIpc) is 2.92. The zero-order valence-electron chi connectivity index (χ0n) is 12.5. The van der Waals surface area contributed by atoms with Crippen molar-refractivity contribution in [1.29, 1.82) is 5.41 Å². The predicted octanol–water partition coefficient (Wildman–Crippen LogP) is 2.85. The summed E-state index contributed by atoms with van der Waals surface area (Å²) >= 11 is 0.880. The normalized spacial score (nSPS) is 15.4. The summed E-state index contributed by atoms with van der Waals surface area (Å²) in [5.41, 5.74) is 1.65. The first-order chi connectivity index (χ1) is 11.6. The van der Waals surface area contributed by atoms with E-state index in [0.29, 0.717) is 22.1 Å². The maximum atomic E-state index is 11.5. The van der Waals surface area contributed by atoms with E-state index in [1.807, 2.05) is 6.07 Å². The van der Waals surface area contributed by atoms with E-state index in [1.54, 1.807) is 48.7 Å². The standard InChI is InChI=1S/C17H13N3O3S/c18-13(14-3-1-2-8-19-14)10-23-12-6-4-11(5-7-12)9-15-16(21)20-17(22)24-15/h1-9,18H,10H2,(H,20,21,22)/b15-9-,18-13?. The summed E-state index contributed by atoms with van der Waals surface area (Å²) in [5.74, 6) is 0.228. The Bertz CT molecular complexity index is 817. The SMILES string of the molecule is N=C(COc1ccc(/C=C2\SC(=O)NC2=O)cc1)c1ccccn1. The summed E-state index contributed by atoms with van der Waals surface area (Å²) in [7, 11) is 0. The molecule has 24 heavy (non-hydrogen) atoms. The fourth-order valence-corrected chi connectivity index (χ4v) is 2.69. The number of hydrogen-bond acceptors (Lipinski definition) is 6. The van der Waals surface area contributed by atoms with Crippen LogP contribution in [0.3, 0.4) is 0 Å². The molecule has 2 N–H and O–H groups in total. The molecular weight excluding hydrogens is 326 g/mol. The van der Waals surface area contributed by atoms with E-state index in [1.165, 1.54) is 0 Å². The third-order valence-corrected chi connectivity index (χ3v) is 3.99. The van der Waals surface area contributed by atoms with Crippen molar-refractivity contribution in [2.24, 2.45) is 0 Å². The van der Waals surface area contributed by atoms with E-state index in [2.05, 4.69) is 10.3 Å². The van der Waals surface area contributed by atoms with Gasteiger partial charge in [-0.2, -0.15) is 0 Å². The van der Waals surface area contributed by atoms with Crippen molar-refractivity contribution in [3.05, 3.63) is 64.8 Å². The van der Waals surface area contributed by atoms with Crippen LogP contribution in [0.4, 0.5) is 4.79 Å². The molecule has 1 fully saturated rings. The predicted molar refractivity (Wildman–Crippen MR) is 92.1 cm³/mol. The summed E-state index contributed by atoms with van der Waals surface area (Å²) in [6.07, 6.45) is 3.28. The zero-order chi connectivity index (χ0) is 16.9. The molecule has 7 heteroatoms. The van der Waals surface area contributed by atoms with Crippen LogP contribution < -0.4 is 10.1 Å². The molecule has 0 saturated carbocycles. The number of imide groups is 1. The van der Waals surface area contributed by atoms with E-state index in [0.717, 1.165) is 17.3 Å². The number of rotatable bonds is 5. The Balaban J connectivity index is 1.61. The smallest absolute Gasteiger partial charge is 0.290 e. The minimum atomic E-state index is -0.380. The number of amides is 2. The Morgan fingerprint density at radius 2 is 2.00 bits per heavy atom. The first-order valence-corrected chi connectivity index (χ1v) is 7.90. The van der Waals surface area contributed by atoms with Crippen molar-refractivity contribution in [2.45, 2.75) is 0 Å². The highest BCUT2D eigenvalue weighted by molar-refractivity contribution is 8.18. The number of pyridine rings is 1.